The molecule has 100 valence electrons. The van der Waals surface area contributed by atoms with Crippen molar-refractivity contribution in [3.8, 4) is 0 Å². The summed E-state index contributed by atoms with van der Waals surface area (Å²) in [7, 11) is 0. The number of rotatable bonds is 5. The molecule has 1 aromatic rings. The summed E-state index contributed by atoms with van der Waals surface area (Å²) in [4.78, 5) is 12.3. The van der Waals surface area contributed by atoms with Crippen molar-refractivity contribution in [2.24, 2.45) is 0 Å². The lowest BCUT2D eigenvalue weighted by Crippen LogP contribution is -2.50. The van der Waals surface area contributed by atoms with Crippen LogP contribution in [0.4, 0.5) is 0 Å². The van der Waals surface area contributed by atoms with Crippen molar-refractivity contribution < 1.29 is 9.90 Å². The van der Waals surface area contributed by atoms with Crippen LogP contribution in [-0.2, 0) is 0 Å². The lowest BCUT2D eigenvalue weighted by Gasteiger charge is -2.30. The Balaban J connectivity index is 2.97. The average molecular weight is 426 g/mol. The fraction of sp³-hybridized carbons (Fsp3) is 0.462. The second-order valence-electron chi connectivity index (χ2n) is 4.22. The van der Waals surface area contributed by atoms with E-state index in [0.717, 1.165) is 8.04 Å². The van der Waals surface area contributed by atoms with Gasteiger partial charge in [-0.25, -0.2) is 0 Å². The Morgan fingerprint density at radius 3 is 2.56 bits per heavy atom. The molecule has 0 aromatic heterocycles. The predicted octanol–water partition coefficient (Wildman–Crippen LogP) is 3.33. The third-order valence-electron chi connectivity index (χ3n) is 3.21. The minimum atomic E-state index is -0.525. The highest BCUT2D eigenvalue weighted by Gasteiger charge is 2.28. The van der Waals surface area contributed by atoms with E-state index < -0.39 is 5.54 Å². The Hall–Kier alpha value is -0.140. The Labute approximate surface area is 130 Å². The number of aliphatic hydroxyl groups is 1. The molecule has 0 fully saturated rings. The maximum absolute atomic E-state index is 12.3. The number of nitrogens with one attached hydrogen (secondary N) is 1. The SMILES string of the molecule is CCC(CC)(CO)NC(=O)c1cc(Br)ccc1I. The fourth-order valence-electron chi connectivity index (χ4n) is 1.67. The van der Waals surface area contributed by atoms with Crippen LogP contribution in [0.1, 0.15) is 37.0 Å². The summed E-state index contributed by atoms with van der Waals surface area (Å²) in [5.41, 5.74) is 0.104. The first-order valence-electron chi connectivity index (χ1n) is 5.86. The second kappa shape index (κ2) is 6.86. The predicted molar refractivity (Wildman–Crippen MR) is 84.7 cm³/mol. The van der Waals surface area contributed by atoms with Gasteiger partial charge in [-0.1, -0.05) is 29.8 Å². The maximum atomic E-state index is 12.3. The lowest BCUT2D eigenvalue weighted by molar-refractivity contribution is 0.0817. The minimum Gasteiger partial charge on any atom is -0.394 e. The molecule has 2 N–H and O–H groups in total. The number of aliphatic hydroxyl groups excluding tert-OH is 1. The van der Waals surface area contributed by atoms with Crippen LogP contribution in [0.2, 0.25) is 0 Å². The minimum absolute atomic E-state index is 0.0453. The van der Waals surface area contributed by atoms with E-state index in [4.69, 9.17) is 0 Å². The van der Waals surface area contributed by atoms with Gasteiger partial charge in [0.1, 0.15) is 0 Å². The van der Waals surface area contributed by atoms with E-state index in [1.807, 2.05) is 26.0 Å². The molecule has 0 bridgehead atoms. The van der Waals surface area contributed by atoms with Crippen LogP contribution in [0.25, 0.3) is 0 Å². The van der Waals surface area contributed by atoms with Gasteiger partial charge in [0.05, 0.1) is 17.7 Å². The molecule has 1 aromatic carbocycles. The van der Waals surface area contributed by atoms with Gasteiger partial charge in [-0.2, -0.15) is 0 Å². The van der Waals surface area contributed by atoms with Crippen molar-refractivity contribution >= 4 is 44.4 Å². The zero-order valence-electron chi connectivity index (χ0n) is 10.5. The van der Waals surface area contributed by atoms with E-state index in [1.165, 1.54) is 0 Å². The molecule has 0 atom stereocenters. The highest BCUT2D eigenvalue weighted by molar-refractivity contribution is 14.1. The molecule has 1 rings (SSSR count). The van der Waals surface area contributed by atoms with Crippen molar-refractivity contribution in [3.05, 3.63) is 31.8 Å². The maximum Gasteiger partial charge on any atom is 0.252 e. The summed E-state index contributed by atoms with van der Waals surface area (Å²) < 4.78 is 1.77. The fourth-order valence-corrected chi connectivity index (χ4v) is 2.61. The number of hydrogen-bond donors (Lipinski definition) is 2. The summed E-state index contributed by atoms with van der Waals surface area (Å²) in [6.07, 6.45) is 1.41. The molecule has 3 nitrogen and oxygen atoms in total. The van der Waals surface area contributed by atoms with E-state index in [-0.39, 0.29) is 12.5 Å². The van der Waals surface area contributed by atoms with E-state index in [9.17, 15) is 9.90 Å². The Kier molecular flexibility index (Phi) is 6.07. The van der Waals surface area contributed by atoms with Crippen molar-refractivity contribution in [1.82, 2.24) is 5.32 Å². The van der Waals surface area contributed by atoms with E-state index in [2.05, 4.69) is 43.8 Å². The highest BCUT2D eigenvalue weighted by Crippen LogP contribution is 2.21. The van der Waals surface area contributed by atoms with Crippen molar-refractivity contribution in [2.45, 2.75) is 32.2 Å². The van der Waals surface area contributed by atoms with Crippen LogP contribution < -0.4 is 5.32 Å². The normalized spacial score (nSPS) is 11.4. The van der Waals surface area contributed by atoms with Gasteiger partial charge in [-0.05, 0) is 53.6 Å². The molecular formula is C13H17BrINO2. The number of carbonyl (C=O) groups excluding carboxylic acids is 1. The summed E-state index contributed by atoms with van der Waals surface area (Å²) in [6, 6.07) is 5.58. The quantitative estimate of drug-likeness (QED) is 0.711. The molecule has 0 spiro atoms. The molecule has 0 saturated heterocycles. The van der Waals surface area contributed by atoms with Crippen LogP contribution in [0, 0.1) is 3.57 Å². The van der Waals surface area contributed by atoms with Crippen LogP contribution in [0.3, 0.4) is 0 Å². The highest BCUT2D eigenvalue weighted by atomic mass is 127. The van der Waals surface area contributed by atoms with Crippen molar-refractivity contribution in [3.63, 3.8) is 0 Å². The van der Waals surface area contributed by atoms with Gasteiger partial charge in [0, 0.05) is 8.04 Å². The van der Waals surface area contributed by atoms with E-state index in [1.54, 1.807) is 6.07 Å². The molecule has 0 aliphatic heterocycles. The molecule has 0 heterocycles. The van der Waals surface area contributed by atoms with Gasteiger partial charge in [-0.3, -0.25) is 4.79 Å². The molecular weight excluding hydrogens is 409 g/mol. The zero-order valence-corrected chi connectivity index (χ0v) is 14.2. The van der Waals surface area contributed by atoms with E-state index in [0.29, 0.717) is 18.4 Å². The van der Waals surface area contributed by atoms with Crippen LogP contribution in [0.5, 0.6) is 0 Å². The smallest absolute Gasteiger partial charge is 0.252 e. The number of carbonyl (C=O) groups is 1. The molecule has 18 heavy (non-hydrogen) atoms. The van der Waals surface area contributed by atoms with Crippen LogP contribution >= 0.6 is 38.5 Å². The number of benzene rings is 1. The standard InChI is InChI=1S/C13H17BrINO2/c1-3-13(4-2,8-17)16-12(18)10-7-9(14)5-6-11(10)15/h5-7,17H,3-4,8H2,1-2H3,(H,16,18). The first-order valence-corrected chi connectivity index (χ1v) is 7.73. The van der Waals surface area contributed by atoms with Crippen LogP contribution in [0.15, 0.2) is 22.7 Å². The van der Waals surface area contributed by atoms with Crippen molar-refractivity contribution in [2.75, 3.05) is 6.61 Å². The largest absolute Gasteiger partial charge is 0.394 e. The third kappa shape index (κ3) is 3.68. The first kappa shape index (κ1) is 15.9. The molecule has 0 radical (unpaired) electrons. The molecule has 0 saturated carbocycles. The Morgan fingerprint density at radius 2 is 2.06 bits per heavy atom. The van der Waals surface area contributed by atoms with E-state index >= 15 is 0 Å². The summed E-state index contributed by atoms with van der Waals surface area (Å²) in [6.45, 7) is 3.88. The lowest BCUT2D eigenvalue weighted by atomic mass is 9.93. The molecule has 1 amide bonds. The second-order valence-corrected chi connectivity index (χ2v) is 6.30. The summed E-state index contributed by atoms with van der Waals surface area (Å²) in [5, 5.41) is 12.4. The topological polar surface area (TPSA) is 49.3 Å². The summed E-state index contributed by atoms with van der Waals surface area (Å²) in [5.74, 6) is -0.140. The van der Waals surface area contributed by atoms with Crippen LogP contribution in [-0.4, -0.2) is 23.2 Å². The molecule has 0 aliphatic carbocycles. The average Bonchev–Trinajstić information content (AvgIpc) is 2.38. The van der Waals surface area contributed by atoms with Gasteiger partial charge in [0.25, 0.3) is 5.91 Å². The third-order valence-corrected chi connectivity index (χ3v) is 4.64. The molecule has 0 unspecified atom stereocenters. The van der Waals surface area contributed by atoms with Gasteiger partial charge >= 0.3 is 0 Å². The first-order chi connectivity index (χ1) is 8.48. The number of hydrogen-bond acceptors (Lipinski definition) is 2. The molecule has 5 heteroatoms. The van der Waals surface area contributed by atoms with Crippen molar-refractivity contribution in [1.29, 1.82) is 0 Å². The monoisotopic (exact) mass is 425 g/mol. The van der Waals surface area contributed by atoms with Gasteiger partial charge in [-0.15, -0.1) is 0 Å². The number of halogens is 2. The Bertz CT molecular complexity index is 425. The summed E-state index contributed by atoms with van der Waals surface area (Å²) >= 11 is 5.50. The molecule has 0 aliphatic rings. The number of amides is 1. The van der Waals surface area contributed by atoms with Gasteiger partial charge in [0.15, 0.2) is 0 Å². The zero-order chi connectivity index (χ0) is 13.8. The van der Waals surface area contributed by atoms with Gasteiger partial charge in [0.2, 0.25) is 0 Å². The van der Waals surface area contributed by atoms with Gasteiger partial charge < -0.3 is 10.4 Å². The Morgan fingerprint density at radius 1 is 1.44 bits per heavy atom.